The van der Waals surface area contributed by atoms with Gasteiger partial charge < -0.3 is 10.5 Å². The Labute approximate surface area is 119 Å². The van der Waals surface area contributed by atoms with Crippen LogP contribution in [0, 0.1) is 5.82 Å². The van der Waals surface area contributed by atoms with E-state index in [0.717, 1.165) is 6.07 Å². The van der Waals surface area contributed by atoms with E-state index in [0.29, 0.717) is 0 Å². The van der Waals surface area contributed by atoms with Crippen molar-refractivity contribution in [3.63, 3.8) is 0 Å². The molecule has 0 fully saturated rings. The first-order valence-electron chi connectivity index (χ1n) is 5.54. The lowest BCUT2D eigenvalue weighted by atomic mass is 10.1. The summed E-state index contributed by atoms with van der Waals surface area (Å²) in [5, 5.41) is 1.84. The maximum absolute atomic E-state index is 13.4. The maximum atomic E-state index is 13.4. The Hall–Kier alpha value is -2.15. The number of hydrogen-bond acceptors (Lipinski definition) is 4. The number of amides is 3. The lowest BCUT2D eigenvalue weighted by Crippen LogP contribution is -2.42. The van der Waals surface area contributed by atoms with E-state index in [1.807, 2.05) is 0 Å². The number of nitrogens with two attached hydrogens (primary N) is 1. The number of ether oxygens (including phenoxy) is 1. The fraction of sp³-hybridized carbons (Fsp3) is 0.250. The van der Waals surface area contributed by atoms with Crippen LogP contribution in [0.5, 0.6) is 0 Å². The summed E-state index contributed by atoms with van der Waals surface area (Å²) in [4.78, 5) is 33.3. The van der Waals surface area contributed by atoms with E-state index in [1.54, 1.807) is 5.32 Å². The number of halogens is 2. The molecule has 0 aliphatic heterocycles. The van der Waals surface area contributed by atoms with Gasteiger partial charge in [0, 0.05) is 10.6 Å². The van der Waals surface area contributed by atoms with Gasteiger partial charge in [0.15, 0.2) is 6.10 Å². The normalized spacial score (nSPS) is 11.6. The van der Waals surface area contributed by atoms with Crippen LogP contribution in [0.15, 0.2) is 18.2 Å². The van der Waals surface area contributed by atoms with Crippen molar-refractivity contribution in [2.24, 2.45) is 5.73 Å². The van der Waals surface area contributed by atoms with Gasteiger partial charge in [-0.05, 0) is 19.1 Å². The van der Waals surface area contributed by atoms with Gasteiger partial charge in [0.25, 0.3) is 5.91 Å². The van der Waals surface area contributed by atoms with Crippen LogP contribution in [0.3, 0.4) is 0 Å². The van der Waals surface area contributed by atoms with Crippen molar-refractivity contribution in [1.82, 2.24) is 5.32 Å². The number of rotatable bonds is 4. The molecule has 8 heteroatoms. The summed E-state index contributed by atoms with van der Waals surface area (Å²) in [7, 11) is 0. The molecule has 0 saturated carbocycles. The molecule has 3 N–H and O–H groups in total. The molecule has 0 spiro atoms. The molecule has 0 aromatic heterocycles. The van der Waals surface area contributed by atoms with Crippen molar-refractivity contribution in [3.05, 3.63) is 34.6 Å². The molecule has 0 aliphatic rings. The van der Waals surface area contributed by atoms with Crippen LogP contribution in [0.4, 0.5) is 9.18 Å². The summed E-state index contributed by atoms with van der Waals surface area (Å²) in [6, 6.07) is 2.92. The number of primary amides is 1. The quantitative estimate of drug-likeness (QED) is 0.815. The molecular formula is C12H12ClFN2O4. The molecule has 0 unspecified atom stereocenters. The Morgan fingerprint density at radius 2 is 2.10 bits per heavy atom. The Morgan fingerprint density at radius 1 is 1.45 bits per heavy atom. The Morgan fingerprint density at radius 3 is 2.65 bits per heavy atom. The van der Waals surface area contributed by atoms with Crippen LogP contribution < -0.4 is 11.1 Å². The molecule has 0 radical (unpaired) electrons. The molecule has 6 nitrogen and oxygen atoms in total. The van der Waals surface area contributed by atoms with Crippen LogP contribution in [-0.2, 0) is 20.7 Å². The van der Waals surface area contributed by atoms with Crippen molar-refractivity contribution < 1.29 is 23.5 Å². The zero-order valence-electron chi connectivity index (χ0n) is 10.5. The average molecular weight is 303 g/mol. The number of urea groups is 1. The minimum absolute atomic E-state index is 0.0262. The second-order valence-corrected chi connectivity index (χ2v) is 4.27. The minimum Gasteiger partial charge on any atom is -0.452 e. The molecule has 1 atom stereocenters. The summed E-state index contributed by atoms with van der Waals surface area (Å²) in [5.41, 5.74) is 4.72. The second-order valence-electron chi connectivity index (χ2n) is 3.86. The van der Waals surface area contributed by atoms with Gasteiger partial charge >= 0.3 is 12.0 Å². The molecule has 3 amide bonds. The smallest absolute Gasteiger partial charge is 0.318 e. The first kappa shape index (κ1) is 15.9. The molecule has 0 bridgehead atoms. The third-order valence-corrected chi connectivity index (χ3v) is 2.66. The average Bonchev–Trinajstić information content (AvgIpc) is 2.33. The summed E-state index contributed by atoms with van der Waals surface area (Å²) in [6.07, 6.45) is -1.67. The SMILES string of the molecule is C[C@H](OC(=O)Cc1c(F)cccc1Cl)C(=O)NC(N)=O. The van der Waals surface area contributed by atoms with Crippen LogP contribution in [-0.4, -0.2) is 24.0 Å². The van der Waals surface area contributed by atoms with E-state index in [-0.39, 0.29) is 10.6 Å². The minimum atomic E-state index is -1.24. The largest absolute Gasteiger partial charge is 0.452 e. The number of imide groups is 1. The molecule has 1 rings (SSSR count). The number of carbonyl (C=O) groups excluding carboxylic acids is 3. The van der Waals surface area contributed by atoms with Crippen molar-refractivity contribution in [3.8, 4) is 0 Å². The van der Waals surface area contributed by atoms with Crippen molar-refractivity contribution in [2.75, 3.05) is 0 Å². The zero-order chi connectivity index (χ0) is 15.3. The van der Waals surface area contributed by atoms with Crippen molar-refractivity contribution in [1.29, 1.82) is 0 Å². The summed E-state index contributed by atoms with van der Waals surface area (Å²) < 4.78 is 18.2. The molecule has 0 saturated heterocycles. The predicted molar refractivity (Wildman–Crippen MR) is 68.4 cm³/mol. The predicted octanol–water partition coefficient (Wildman–Crippen LogP) is 1.15. The van der Waals surface area contributed by atoms with E-state index in [4.69, 9.17) is 22.1 Å². The topological polar surface area (TPSA) is 98.5 Å². The van der Waals surface area contributed by atoms with Gasteiger partial charge in [0.2, 0.25) is 0 Å². The van der Waals surface area contributed by atoms with Crippen LogP contribution in [0.1, 0.15) is 12.5 Å². The number of benzene rings is 1. The lowest BCUT2D eigenvalue weighted by molar-refractivity contribution is -0.153. The van der Waals surface area contributed by atoms with Gasteiger partial charge in [-0.15, -0.1) is 0 Å². The third-order valence-electron chi connectivity index (χ3n) is 2.31. The molecule has 20 heavy (non-hydrogen) atoms. The number of esters is 1. The molecular weight excluding hydrogens is 291 g/mol. The molecule has 0 heterocycles. The van der Waals surface area contributed by atoms with E-state index < -0.39 is 36.2 Å². The van der Waals surface area contributed by atoms with Crippen LogP contribution in [0.25, 0.3) is 0 Å². The van der Waals surface area contributed by atoms with Crippen LogP contribution in [0.2, 0.25) is 5.02 Å². The van der Waals surface area contributed by atoms with E-state index in [2.05, 4.69) is 0 Å². The van der Waals surface area contributed by atoms with Crippen molar-refractivity contribution >= 4 is 29.5 Å². The fourth-order valence-corrected chi connectivity index (χ4v) is 1.59. The van der Waals surface area contributed by atoms with E-state index in [1.165, 1.54) is 19.1 Å². The summed E-state index contributed by atoms with van der Waals surface area (Å²) >= 11 is 5.75. The molecule has 0 aliphatic carbocycles. The zero-order valence-corrected chi connectivity index (χ0v) is 11.2. The fourth-order valence-electron chi connectivity index (χ4n) is 1.36. The monoisotopic (exact) mass is 302 g/mol. The first-order chi connectivity index (χ1) is 9.31. The van der Waals surface area contributed by atoms with E-state index >= 15 is 0 Å². The second kappa shape index (κ2) is 6.85. The number of carbonyl (C=O) groups is 3. The molecule has 1 aromatic rings. The Kier molecular flexibility index (Phi) is 5.45. The highest BCUT2D eigenvalue weighted by Crippen LogP contribution is 2.19. The van der Waals surface area contributed by atoms with Gasteiger partial charge in [-0.25, -0.2) is 9.18 Å². The first-order valence-corrected chi connectivity index (χ1v) is 5.91. The van der Waals surface area contributed by atoms with Gasteiger partial charge in [-0.2, -0.15) is 0 Å². The van der Waals surface area contributed by atoms with Gasteiger partial charge in [0.05, 0.1) is 6.42 Å². The van der Waals surface area contributed by atoms with Crippen LogP contribution >= 0.6 is 11.6 Å². The van der Waals surface area contributed by atoms with Crippen molar-refractivity contribution in [2.45, 2.75) is 19.4 Å². The van der Waals surface area contributed by atoms with Gasteiger partial charge in [0.1, 0.15) is 5.82 Å². The van der Waals surface area contributed by atoms with E-state index in [9.17, 15) is 18.8 Å². The standard InChI is InChI=1S/C12H12ClFN2O4/c1-6(11(18)16-12(15)19)20-10(17)5-7-8(13)3-2-4-9(7)14/h2-4,6H,5H2,1H3,(H3,15,16,18,19)/t6-/m0/s1. The Bertz CT molecular complexity index is 530. The highest BCUT2D eigenvalue weighted by Gasteiger charge is 2.20. The highest BCUT2D eigenvalue weighted by atomic mass is 35.5. The highest BCUT2D eigenvalue weighted by molar-refractivity contribution is 6.31. The maximum Gasteiger partial charge on any atom is 0.318 e. The summed E-state index contributed by atoms with van der Waals surface area (Å²) in [5.74, 6) is -2.38. The molecule has 1 aromatic carbocycles. The third kappa shape index (κ3) is 4.51. The van der Waals surface area contributed by atoms with Gasteiger partial charge in [-0.1, -0.05) is 17.7 Å². The molecule has 108 valence electrons. The summed E-state index contributed by atoms with van der Waals surface area (Å²) in [6.45, 7) is 1.25. The van der Waals surface area contributed by atoms with Gasteiger partial charge in [-0.3, -0.25) is 14.9 Å². The number of nitrogens with one attached hydrogen (secondary N) is 1. The number of hydrogen-bond donors (Lipinski definition) is 2. The Balaban J connectivity index is 2.64. The lowest BCUT2D eigenvalue weighted by Gasteiger charge is -2.12.